The molecule has 2 aromatic heterocycles. The Morgan fingerprint density at radius 2 is 0.917 bits per heavy atom. The number of carboxylic acid groups (broad SMARTS) is 2. The zero-order valence-corrected chi connectivity index (χ0v) is 38.9. The molecule has 0 aliphatic rings. The van der Waals surface area contributed by atoms with E-state index in [1.807, 2.05) is 109 Å². The molecule has 0 fully saturated rings. The SMILES string of the molecule is NC(CF)=NCCC[C@H](NC(=O)c1cc(-c2ccccc2)ccc1C(=O)O)c1nc2ccccc2[nH]1.NC(CF)=NCCC[C@H](NC(=O)c1ccc(-c2ccccc2)cc1C(=O)O)c1nc2ccccc2[nH]1. The minimum atomic E-state index is -1.20. The van der Waals surface area contributed by atoms with E-state index in [9.17, 15) is 38.2 Å². The summed E-state index contributed by atoms with van der Waals surface area (Å²) in [5.41, 5.74) is 17.0. The number of nitrogens with zero attached hydrogens (tertiary/aromatic N) is 4. The second kappa shape index (κ2) is 24.5. The van der Waals surface area contributed by atoms with Crippen molar-refractivity contribution in [1.29, 1.82) is 0 Å². The Bertz CT molecular complexity index is 3170. The number of nitrogens with two attached hydrogens (primary N) is 2. The number of halogens is 2. The number of H-pyrrole nitrogens is 2. The first kappa shape index (κ1) is 50.8. The van der Waals surface area contributed by atoms with Gasteiger partial charge in [0.05, 0.1) is 56.4 Å². The first-order valence-corrected chi connectivity index (χ1v) is 23.0. The third kappa shape index (κ3) is 13.2. The number of rotatable bonds is 20. The van der Waals surface area contributed by atoms with E-state index < -0.39 is 49.2 Å². The molecule has 0 bridgehead atoms. The van der Waals surface area contributed by atoms with Gasteiger partial charge in [0.15, 0.2) is 0 Å². The number of amidine groups is 2. The molecule has 10 N–H and O–H groups in total. The van der Waals surface area contributed by atoms with Crippen LogP contribution in [0.3, 0.4) is 0 Å². The predicted molar refractivity (Wildman–Crippen MR) is 274 cm³/mol. The fourth-order valence-corrected chi connectivity index (χ4v) is 7.88. The van der Waals surface area contributed by atoms with Gasteiger partial charge in [-0.15, -0.1) is 0 Å². The van der Waals surface area contributed by atoms with Gasteiger partial charge in [-0.3, -0.25) is 19.6 Å². The van der Waals surface area contributed by atoms with Crippen LogP contribution in [-0.4, -0.2) is 92.0 Å². The van der Waals surface area contributed by atoms with Crippen molar-refractivity contribution in [1.82, 2.24) is 30.6 Å². The second-order valence-electron chi connectivity index (χ2n) is 16.5. The zero-order valence-electron chi connectivity index (χ0n) is 38.9. The third-order valence-corrected chi connectivity index (χ3v) is 11.5. The molecule has 0 unspecified atom stereocenters. The number of amides is 2. The monoisotopic (exact) mass is 974 g/mol. The number of para-hydroxylation sites is 4. The van der Waals surface area contributed by atoms with Gasteiger partial charge in [0.25, 0.3) is 11.8 Å². The zero-order chi connectivity index (χ0) is 51.0. The van der Waals surface area contributed by atoms with Crippen molar-refractivity contribution >= 4 is 57.5 Å². The van der Waals surface area contributed by atoms with Gasteiger partial charge < -0.3 is 42.3 Å². The number of carbonyl (C=O) groups is 4. The molecule has 0 radical (unpaired) electrons. The molecule has 2 atom stereocenters. The number of hydrogen-bond acceptors (Lipinski definition) is 8. The van der Waals surface area contributed by atoms with Crippen molar-refractivity contribution in [3.63, 3.8) is 0 Å². The predicted octanol–water partition coefficient (Wildman–Crippen LogP) is 9.01. The molecule has 2 amide bonds. The topological polar surface area (TPSA) is 267 Å². The number of alkyl halides is 2. The van der Waals surface area contributed by atoms with Crippen LogP contribution in [-0.2, 0) is 0 Å². The van der Waals surface area contributed by atoms with Crippen molar-refractivity contribution in [2.75, 3.05) is 26.4 Å². The molecule has 2 heterocycles. The number of nitrogens with one attached hydrogen (secondary N) is 4. The maximum Gasteiger partial charge on any atom is 0.336 e. The number of aromatic nitrogens is 4. The summed E-state index contributed by atoms with van der Waals surface area (Å²) in [6, 6.07) is 42.0. The van der Waals surface area contributed by atoms with Gasteiger partial charge in [0, 0.05) is 13.1 Å². The lowest BCUT2D eigenvalue weighted by molar-refractivity contribution is 0.0682. The lowest BCUT2D eigenvalue weighted by Gasteiger charge is -2.18. The minimum Gasteiger partial charge on any atom is -0.478 e. The Morgan fingerprint density at radius 3 is 1.35 bits per heavy atom. The van der Waals surface area contributed by atoms with Crippen LogP contribution in [0.15, 0.2) is 156 Å². The highest BCUT2D eigenvalue weighted by molar-refractivity contribution is 6.07. The van der Waals surface area contributed by atoms with Crippen LogP contribution < -0.4 is 22.1 Å². The summed E-state index contributed by atoms with van der Waals surface area (Å²) in [4.78, 5) is 74.2. The fraction of sp³-hybridized carbons (Fsp3) is 0.185. The van der Waals surface area contributed by atoms with Gasteiger partial charge in [-0.05, 0) is 96.5 Å². The first-order valence-electron chi connectivity index (χ1n) is 23.0. The minimum absolute atomic E-state index is 0.0444. The van der Waals surface area contributed by atoms with Crippen molar-refractivity contribution in [2.24, 2.45) is 21.5 Å². The molecule has 8 rings (SSSR count). The van der Waals surface area contributed by atoms with Gasteiger partial charge in [-0.25, -0.2) is 28.3 Å². The molecule has 368 valence electrons. The Balaban J connectivity index is 0.000000211. The molecule has 0 spiro atoms. The first-order chi connectivity index (χ1) is 34.9. The van der Waals surface area contributed by atoms with Crippen molar-refractivity contribution in [3.05, 3.63) is 179 Å². The van der Waals surface area contributed by atoms with E-state index in [0.717, 1.165) is 38.8 Å². The largest absolute Gasteiger partial charge is 0.478 e. The number of carboxylic acids is 2. The smallest absolute Gasteiger partial charge is 0.336 e. The highest BCUT2D eigenvalue weighted by Crippen LogP contribution is 2.27. The third-order valence-electron chi connectivity index (χ3n) is 11.5. The van der Waals surface area contributed by atoms with Gasteiger partial charge in [0.1, 0.15) is 36.7 Å². The lowest BCUT2D eigenvalue weighted by atomic mass is 9.98. The van der Waals surface area contributed by atoms with E-state index in [2.05, 4.69) is 40.6 Å². The number of aliphatic imine (C=N–C) groups is 2. The van der Waals surface area contributed by atoms with E-state index >= 15 is 0 Å². The highest BCUT2D eigenvalue weighted by atomic mass is 19.1. The van der Waals surface area contributed by atoms with E-state index in [4.69, 9.17) is 11.5 Å². The summed E-state index contributed by atoms with van der Waals surface area (Å²) in [7, 11) is 0. The maximum atomic E-state index is 13.4. The molecule has 72 heavy (non-hydrogen) atoms. The number of aromatic carboxylic acids is 2. The average Bonchev–Trinajstić information content (AvgIpc) is 4.06. The Hall–Kier alpha value is -9.06. The summed E-state index contributed by atoms with van der Waals surface area (Å²) >= 11 is 0. The molecule has 18 heteroatoms. The van der Waals surface area contributed by atoms with Crippen molar-refractivity contribution < 1.29 is 38.2 Å². The van der Waals surface area contributed by atoms with Crippen LogP contribution in [0.2, 0.25) is 0 Å². The summed E-state index contributed by atoms with van der Waals surface area (Å²) in [5.74, 6) is -2.57. The molecule has 0 saturated carbocycles. The normalized spacial score (nSPS) is 12.4. The average molecular weight is 975 g/mol. The Morgan fingerprint density at radius 1 is 0.514 bits per heavy atom. The van der Waals surface area contributed by atoms with Gasteiger partial charge in [-0.1, -0.05) is 97.1 Å². The van der Waals surface area contributed by atoms with Gasteiger partial charge >= 0.3 is 11.9 Å². The number of carbonyl (C=O) groups excluding carboxylic acids is 2. The lowest BCUT2D eigenvalue weighted by Crippen LogP contribution is -2.31. The number of benzene rings is 6. The van der Waals surface area contributed by atoms with Crippen molar-refractivity contribution in [3.8, 4) is 22.3 Å². The van der Waals surface area contributed by atoms with Crippen LogP contribution in [0.1, 0.15) is 90.8 Å². The standard InChI is InChI=1S/2C27H26FN5O3/c28-16-24(29)30-14-6-11-23(25-31-21-9-4-5-10-22(21)32-25)33-26(34)20-15-18(12-13-19(20)27(35)36)17-7-2-1-3-8-17;28-16-24(29)30-14-6-11-23(25-31-21-9-4-5-10-22(21)32-25)33-26(34)19-13-12-18(15-20(19)27(35)36)17-7-2-1-3-8-17/h2*1-5,7-10,12-13,15,23H,6,11,14,16H2,(H2,29,30)(H,31,32)(H,33,34)(H,35,36)/t2*23-/m00/s1. The molecule has 6 aromatic carbocycles. The summed E-state index contributed by atoms with van der Waals surface area (Å²) in [6.07, 6.45) is 1.86. The number of imidazole rings is 2. The molecule has 8 aromatic rings. The molecular weight excluding hydrogens is 923 g/mol. The molecule has 0 aliphatic carbocycles. The van der Waals surface area contributed by atoms with Gasteiger partial charge in [-0.2, -0.15) is 0 Å². The number of aromatic amines is 2. The van der Waals surface area contributed by atoms with Crippen LogP contribution in [0.4, 0.5) is 8.78 Å². The molecule has 0 saturated heterocycles. The summed E-state index contributed by atoms with van der Waals surface area (Å²) in [6.45, 7) is -1.07. The van der Waals surface area contributed by atoms with Crippen molar-refractivity contribution in [2.45, 2.75) is 37.8 Å². The fourth-order valence-electron chi connectivity index (χ4n) is 7.88. The van der Waals surface area contributed by atoms with Crippen LogP contribution in [0.25, 0.3) is 44.3 Å². The molecule has 16 nitrogen and oxygen atoms in total. The quantitative estimate of drug-likeness (QED) is 0.0204. The highest BCUT2D eigenvalue weighted by Gasteiger charge is 2.25. The summed E-state index contributed by atoms with van der Waals surface area (Å²) < 4.78 is 25.2. The van der Waals surface area contributed by atoms with E-state index in [1.54, 1.807) is 18.2 Å². The van der Waals surface area contributed by atoms with Crippen LogP contribution >= 0.6 is 0 Å². The van der Waals surface area contributed by atoms with Crippen LogP contribution in [0, 0.1) is 0 Å². The maximum absolute atomic E-state index is 13.4. The van der Waals surface area contributed by atoms with Crippen LogP contribution in [0.5, 0.6) is 0 Å². The molecule has 0 aliphatic heterocycles. The number of fused-ring (bicyclic) bond motifs is 2. The molecular formula is C54H52F2N10O6. The Labute approximate surface area is 412 Å². The van der Waals surface area contributed by atoms with Gasteiger partial charge in [0.2, 0.25) is 0 Å². The number of hydrogen-bond donors (Lipinski definition) is 8. The van der Waals surface area contributed by atoms with E-state index in [-0.39, 0.29) is 47.0 Å². The van der Waals surface area contributed by atoms with E-state index in [1.165, 1.54) is 18.2 Å². The van der Waals surface area contributed by atoms with E-state index in [0.29, 0.717) is 42.9 Å². The second-order valence-corrected chi connectivity index (χ2v) is 16.5. The summed E-state index contributed by atoms with van der Waals surface area (Å²) in [5, 5.41) is 25.4. The Kier molecular flexibility index (Phi) is 17.3.